The second-order valence-corrected chi connectivity index (χ2v) is 3.86. The normalized spacial score (nSPS) is 11.9. The van der Waals surface area contributed by atoms with E-state index in [0.717, 1.165) is 18.0 Å². The molecule has 0 aliphatic heterocycles. The molecule has 0 aliphatic rings. The van der Waals surface area contributed by atoms with Gasteiger partial charge < -0.3 is 10.1 Å². The lowest BCUT2D eigenvalue weighted by molar-refractivity contribution is 0.415. The third-order valence-electron chi connectivity index (χ3n) is 2.54. The molecule has 0 saturated heterocycles. The van der Waals surface area contributed by atoms with Crippen molar-refractivity contribution in [2.75, 3.05) is 19.0 Å². The first-order chi connectivity index (χ1) is 7.13. The minimum Gasteiger partial charge on any atom is -0.497 e. The highest BCUT2D eigenvalue weighted by Crippen LogP contribution is 2.16. The third-order valence-corrected chi connectivity index (χ3v) is 2.54. The van der Waals surface area contributed by atoms with E-state index < -0.39 is 0 Å². The van der Waals surface area contributed by atoms with Gasteiger partial charge in [-0.1, -0.05) is 19.1 Å². The molecule has 0 saturated carbocycles. The van der Waals surface area contributed by atoms with Crippen molar-refractivity contribution in [1.82, 2.24) is 0 Å². The van der Waals surface area contributed by atoms with Gasteiger partial charge in [-0.2, -0.15) is 0 Å². The van der Waals surface area contributed by atoms with Crippen LogP contribution in [0.4, 0.5) is 5.69 Å². The number of hydrogen-bond acceptors (Lipinski definition) is 2. The number of methoxy groups -OCH3 is 1. The van der Waals surface area contributed by atoms with E-state index in [1.165, 1.54) is 5.57 Å². The second-order valence-electron chi connectivity index (χ2n) is 3.86. The highest BCUT2D eigenvalue weighted by Gasteiger charge is 2.01. The van der Waals surface area contributed by atoms with E-state index in [1.54, 1.807) is 7.11 Å². The summed E-state index contributed by atoms with van der Waals surface area (Å²) in [5.41, 5.74) is 2.32. The van der Waals surface area contributed by atoms with Gasteiger partial charge in [-0.15, -0.1) is 0 Å². The number of hydrogen-bond donors (Lipinski definition) is 1. The third kappa shape index (κ3) is 3.66. The fraction of sp³-hybridized carbons (Fsp3) is 0.385. The Hall–Kier alpha value is -1.44. The molecule has 0 spiro atoms. The topological polar surface area (TPSA) is 21.3 Å². The molecule has 0 amide bonds. The standard InChI is InChI=1S/C13H19NO/c1-10(2)11(3)9-14-12-5-7-13(15-4)8-6-12/h5-8,11,14H,1,9H2,2-4H3. The molecule has 1 aromatic carbocycles. The molecule has 1 rings (SSSR count). The zero-order valence-electron chi connectivity index (χ0n) is 9.71. The number of anilines is 1. The molecule has 0 aliphatic carbocycles. The fourth-order valence-electron chi connectivity index (χ4n) is 1.15. The largest absolute Gasteiger partial charge is 0.497 e. The van der Waals surface area contributed by atoms with Gasteiger partial charge >= 0.3 is 0 Å². The summed E-state index contributed by atoms with van der Waals surface area (Å²) in [4.78, 5) is 0. The fourth-order valence-corrected chi connectivity index (χ4v) is 1.15. The van der Waals surface area contributed by atoms with E-state index in [9.17, 15) is 0 Å². The first-order valence-electron chi connectivity index (χ1n) is 5.17. The number of ether oxygens (including phenoxy) is 1. The van der Waals surface area contributed by atoms with Crippen molar-refractivity contribution in [3.05, 3.63) is 36.4 Å². The minimum atomic E-state index is 0.493. The number of nitrogens with one attached hydrogen (secondary N) is 1. The van der Waals surface area contributed by atoms with Gasteiger partial charge in [0.25, 0.3) is 0 Å². The monoisotopic (exact) mass is 205 g/mol. The van der Waals surface area contributed by atoms with Crippen molar-refractivity contribution in [3.63, 3.8) is 0 Å². The average Bonchev–Trinajstić information content (AvgIpc) is 2.26. The Bertz CT molecular complexity index is 316. The highest BCUT2D eigenvalue weighted by atomic mass is 16.5. The molecule has 0 radical (unpaired) electrons. The molecular formula is C13H19NO. The van der Waals surface area contributed by atoms with Crippen LogP contribution in [0.3, 0.4) is 0 Å². The lowest BCUT2D eigenvalue weighted by Crippen LogP contribution is -2.11. The summed E-state index contributed by atoms with van der Waals surface area (Å²) in [7, 11) is 1.67. The first-order valence-corrected chi connectivity index (χ1v) is 5.17. The Morgan fingerprint density at radius 1 is 1.40 bits per heavy atom. The Labute approximate surface area is 92.0 Å². The summed E-state index contributed by atoms with van der Waals surface area (Å²) in [6.07, 6.45) is 0. The van der Waals surface area contributed by atoms with E-state index in [1.807, 2.05) is 24.3 Å². The molecule has 1 aromatic rings. The van der Waals surface area contributed by atoms with Gasteiger partial charge in [0.1, 0.15) is 5.75 Å². The van der Waals surface area contributed by atoms with E-state index in [0.29, 0.717) is 5.92 Å². The number of benzene rings is 1. The maximum atomic E-state index is 5.09. The van der Waals surface area contributed by atoms with Crippen molar-refractivity contribution in [2.24, 2.45) is 5.92 Å². The van der Waals surface area contributed by atoms with Gasteiger partial charge in [-0.3, -0.25) is 0 Å². The molecular weight excluding hydrogens is 186 g/mol. The van der Waals surface area contributed by atoms with Crippen LogP contribution in [0.1, 0.15) is 13.8 Å². The van der Waals surface area contributed by atoms with Crippen LogP contribution in [0.2, 0.25) is 0 Å². The zero-order chi connectivity index (χ0) is 11.3. The summed E-state index contributed by atoms with van der Waals surface area (Å²) >= 11 is 0. The molecule has 1 unspecified atom stereocenters. The van der Waals surface area contributed by atoms with Gasteiger partial charge in [0.05, 0.1) is 7.11 Å². The highest BCUT2D eigenvalue weighted by molar-refractivity contribution is 5.46. The maximum Gasteiger partial charge on any atom is 0.119 e. The number of rotatable bonds is 5. The van der Waals surface area contributed by atoms with Gasteiger partial charge in [0.15, 0.2) is 0 Å². The Kier molecular flexibility index (Phi) is 4.22. The molecule has 1 atom stereocenters. The van der Waals surface area contributed by atoms with Crippen LogP contribution < -0.4 is 10.1 Å². The lowest BCUT2D eigenvalue weighted by atomic mass is 10.1. The van der Waals surface area contributed by atoms with Crippen LogP contribution in [0.25, 0.3) is 0 Å². The Morgan fingerprint density at radius 2 is 2.00 bits per heavy atom. The van der Waals surface area contributed by atoms with Crippen molar-refractivity contribution in [2.45, 2.75) is 13.8 Å². The minimum absolute atomic E-state index is 0.493. The molecule has 15 heavy (non-hydrogen) atoms. The first kappa shape index (κ1) is 11.6. The summed E-state index contributed by atoms with van der Waals surface area (Å²) in [5.74, 6) is 1.38. The van der Waals surface area contributed by atoms with E-state index in [2.05, 4.69) is 25.7 Å². The zero-order valence-corrected chi connectivity index (χ0v) is 9.71. The molecule has 82 valence electrons. The van der Waals surface area contributed by atoms with Crippen molar-refractivity contribution < 1.29 is 4.74 Å². The van der Waals surface area contributed by atoms with Crippen LogP contribution in [0.5, 0.6) is 5.75 Å². The average molecular weight is 205 g/mol. The Morgan fingerprint density at radius 3 is 2.47 bits per heavy atom. The van der Waals surface area contributed by atoms with Crippen molar-refractivity contribution in [3.8, 4) is 5.75 Å². The lowest BCUT2D eigenvalue weighted by Gasteiger charge is -2.13. The van der Waals surface area contributed by atoms with Crippen LogP contribution in [-0.2, 0) is 0 Å². The molecule has 0 fully saturated rings. The van der Waals surface area contributed by atoms with Gasteiger partial charge in [0, 0.05) is 12.2 Å². The van der Waals surface area contributed by atoms with Crippen LogP contribution in [0, 0.1) is 5.92 Å². The molecule has 0 heterocycles. The quantitative estimate of drug-likeness (QED) is 0.744. The second kappa shape index (κ2) is 5.44. The van der Waals surface area contributed by atoms with Crippen molar-refractivity contribution in [1.29, 1.82) is 0 Å². The van der Waals surface area contributed by atoms with Crippen LogP contribution >= 0.6 is 0 Å². The molecule has 0 aromatic heterocycles. The van der Waals surface area contributed by atoms with Gasteiger partial charge in [-0.05, 0) is 37.1 Å². The summed E-state index contributed by atoms with van der Waals surface area (Å²) in [6.45, 7) is 9.07. The summed E-state index contributed by atoms with van der Waals surface area (Å²) in [5, 5.41) is 3.36. The summed E-state index contributed by atoms with van der Waals surface area (Å²) in [6, 6.07) is 7.94. The summed E-state index contributed by atoms with van der Waals surface area (Å²) < 4.78 is 5.09. The van der Waals surface area contributed by atoms with E-state index in [-0.39, 0.29) is 0 Å². The Balaban J connectivity index is 2.47. The molecule has 2 heteroatoms. The van der Waals surface area contributed by atoms with E-state index >= 15 is 0 Å². The van der Waals surface area contributed by atoms with Gasteiger partial charge in [0.2, 0.25) is 0 Å². The van der Waals surface area contributed by atoms with Crippen LogP contribution in [-0.4, -0.2) is 13.7 Å². The van der Waals surface area contributed by atoms with Crippen LogP contribution in [0.15, 0.2) is 36.4 Å². The predicted molar refractivity (Wildman–Crippen MR) is 65.5 cm³/mol. The van der Waals surface area contributed by atoms with Crippen molar-refractivity contribution >= 4 is 5.69 Å². The van der Waals surface area contributed by atoms with E-state index in [4.69, 9.17) is 4.74 Å². The maximum absolute atomic E-state index is 5.09. The molecule has 0 bridgehead atoms. The SMILES string of the molecule is C=C(C)C(C)CNc1ccc(OC)cc1. The predicted octanol–water partition coefficient (Wildman–Crippen LogP) is 3.32. The smallest absolute Gasteiger partial charge is 0.119 e. The van der Waals surface area contributed by atoms with Gasteiger partial charge in [-0.25, -0.2) is 0 Å². The molecule has 1 N–H and O–H groups in total. The molecule has 2 nitrogen and oxygen atoms in total.